The third kappa shape index (κ3) is 2.88. The number of carbonyl (C=O) groups excluding carboxylic acids is 1. The second-order valence-corrected chi connectivity index (χ2v) is 5.65. The number of benzene rings is 1. The molecule has 0 bridgehead atoms. The van der Waals surface area contributed by atoms with Crippen molar-refractivity contribution in [1.82, 2.24) is 0 Å². The van der Waals surface area contributed by atoms with Gasteiger partial charge in [-0.3, -0.25) is 9.35 Å². The standard InChI is InChI=1S/C12H14O5S/c13-12-6-5-9(7-8-17-12)10-3-1-2-4-11(10)18(14,15)16/h1-4,9H,5-8H2,(H,14,15,16). The van der Waals surface area contributed by atoms with E-state index in [1.54, 1.807) is 18.2 Å². The Kier molecular flexibility index (Phi) is 3.68. The number of carbonyl (C=O) groups is 1. The molecule has 1 unspecified atom stereocenters. The number of ether oxygens (including phenoxy) is 1. The molecule has 1 aromatic rings. The maximum Gasteiger partial charge on any atom is 0.305 e. The van der Waals surface area contributed by atoms with Crippen LogP contribution in [0.2, 0.25) is 0 Å². The van der Waals surface area contributed by atoms with Gasteiger partial charge in [0.05, 0.1) is 11.5 Å². The van der Waals surface area contributed by atoms with Crippen molar-refractivity contribution in [3.63, 3.8) is 0 Å². The van der Waals surface area contributed by atoms with Crippen LogP contribution in [-0.2, 0) is 19.6 Å². The predicted molar refractivity (Wildman–Crippen MR) is 63.8 cm³/mol. The molecule has 6 heteroatoms. The summed E-state index contributed by atoms with van der Waals surface area (Å²) in [6, 6.07) is 6.32. The fraction of sp³-hybridized carbons (Fsp3) is 0.417. The summed E-state index contributed by atoms with van der Waals surface area (Å²) in [6.07, 6.45) is 1.37. The fourth-order valence-corrected chi connectivity index (χ4v) is 2.97. The van der Waals surface area contributed by atoms with Gasteiger partial charge in [0.1, 0.15) is 0 Å². The molecule has 0 amide bonds. The Morgan fingerprint density at radius 1 is 1.22 bits per heavy atom. The molecule has 18 heavy (non-hydrogen) atoms. The van der Waals surface area contributed by atoms with Crippen molar-refractivity contribution in [2.75, 3.05) is 6.61 Å². The topological polar surface area (TPSA) is 80.7 Å². The zero-order chi connectivity index (χ0) is 13.2. The van der Waals surface area contributed by atoms with Crippen LogP contribution in [0.15, 0.2) is 29.2 Å². The lowest BCUT2D eigenvalue weighted by molar-refractivity contribution is -0.142. The van der Waals surface area contributed by atoms with Gasteiger partial charge >= 0.3 is 5.97 Å². The molecule has 2 rings (SSSR count). The molecule has 1 atom stereocenters. The van der Waals surface area contributed by atoms with Gasteiger partial charge in [0.15, 0.2) is 0 Å². The molecular weight excluding hydrogens is 256 g/mol. The van der Waals surface area contributed by atoms with Crippen molar-refractivity contribution < 1.29 is 22.5 Å². The largest absolute Gasteiger partial charge is 0.466 e. The van der Waals surface area contributed by atoms with Gasteiger partial charge in [0, 0.05) is 6.42 Å². The lowest BCUT2D eigenvalue weighted by atomic mass is 9.92. The molecule has 1 aromatic carbocycles. The van der Waals surface area contributed by atoms with Crippen LogP contribution in [-0.4, -0.2) is 25.5 Å². The zero-order valence-corrected chi connectivity index (χ0v) is 10.5. The van der Waals surface area contributed by atoms with Gasteiger partial charge < -0.3 is 4.74 Å². The Morgan fingerprint density at radius 2 is 1.94 bits per heavy atom. The second-order valence-electron chi connectivity index (χ2n) is 4.26. The summed E-state index contributed by atoms with van der Waals surface area (Å²) in [4.78, 5) is 11.1. The normalized spacial score (nSPS) is 21.2. The van der Waals surface area contributed by atoms with E-state index < -0.39 is 10.1 Å². The lowest BCUT2D eigenvalue weighted by Gasteiger charge is -2.15. The highest BCUT2D eigenvalue weighted by atomic mass is 32.2. The molecule has 1 fully saturated rings. The van der Waals surface area contributed by atoms with Crippen LogP contribution in [0.4, 0.5) is 0 Å². The van der Waals surface area contributed by atoms with Crippen molar-refractivity contribution in [3.8, 4) is 0 Å². The van der Waals surface area contributed by atoms with Crippen molar-refractivity contribution in [3.05, 3.63) is 29.8 Å². The molecule has 0 radical (unpaired) electrons. The molecule has 1 heterocycles. The molecule has 1 N–H and O–H groups in total. The average Bonchev–Trinajstić information content (AvgIpc) is 2.53. The molecule has 0 aliphatic carbocycles. The van der Waals surface area contributed by atoms with Gasteiger partial charge in [0.25, 0.3) is 10.1 Å². The summed E-state index contributed by atoms with van der Waals surface area (Å²) in [7, 11) is -4.23. The number of rotatable bonds is 2. The van der Waals surface area contributed by atoms with E-state index in [1.165, 1.54) is 6.07 Å². The summed E-state index contributed by atoms with van der Waals surface area (Å²) in [5, 5.41) is 0. The molecule has 5 nitrogen and oxygen atoms in total. The van der Waals surface area contributed by atoms with Crippen LogP contribution in [0.25, 0.3) is 0 Å². The highest BCUT2D eigenvalue weighted by Crippen LogP contribution is 2.31. The highest BCUT2D eigenvalue weighted by Gasteiger charge is 2.24. The maximum absolute atomic E-state index is 11.3. The van der Waals surface area contributed by atoms with Crippen molar-refractivity contribution in [2.45, 2.75) is 30.1 Å². The smallest absolute Gasteiger partial charge is 0.305 e. The van der Waals surface area contributed by atoms with E-state index in [-0.39, 0.29) is 29.8 Å². The second kappa shape index (κ2) is 5.07. The van der Waals surface area contributed by atoms with Gasteiger partial charge in [0.2, 0.25) is 0 Å². The maximum atomic E-state index is 11.3. The van der Waals surface area contributed by atoms with Crippen LogP contribution in [0, 0.1) is 0 Å². The summed E-state index contributed by atoms with van der Waals surface area (Å²) in [5.74, 6) is -0.351. The first kappa shape index (κ1) is 13.0. The van der Waals surface area contributed by atoms with E-state index in [2.05, 4.69) is 0 Å². The van der Waals surface area contributed by atoms with E-state index in [4.69, 9.17) is 4.74 Å². The summed E-state index contributed by atoms with van der Waals surface area (Å²) in [5.41, 5.74) is 0.554. The van der Waals surface area contributed by atoms with Crippen molar-refractivity contribution in [1.29, 1.82) is 0 Å². The zero-order valence-electron chi connectivity index (χ0n) is 9.70. The summed E-state index contributed by atoms with van der Waals surface area (Å²) in [6.45, 7) is 0.281. The molecule has 1 aliphatic rings. The van der Waals surface area contributed by atoms with Crippen LogP contribution in [0.5, 0.6) is 0 Å². The highest BCUT2D eigenvalue weighted by molar-refractivity contribution is 7.85. The Balaban J connectivity index is 2.36. The monoisotopic (exact) mass is 270 g/mol. The SMILES string of the molecule is O=C1CCC(c2ccccc2S(=O)(=O)O)CCO1. The number of cyclic esters (lactones) is 1. The fourth-order valence-electron chi connectivity index (χ4n) is 2.19. The van der Waals surface area contributed by atoms with Crippen LogP contribution in [0.1, 0.15) is 30.7 Å². The number of hydrogen-bond acceptors (Lipinski definition) is 4. The minimum absolute atomic E-state index is 0.0793. The minimum atomic E-state index is -4.23. The van der Waals surface area contributed by atoms with Crippen molar-refractivity contribution >= 4 is 16.1 Å². The minimum Gasteiger partial charge on any atom is -0.466 e. The number of esters is 1. The molecule has 98 valence electrons. The quantitative estimate of drug-likeness (QED) is 0.654. The van der Waals surface area contributed by atoms with E-state index in [1.807, 2.05) is 0 Å². The van der Waals surface area contributed by atoms with E-state index >= 15 is 0 Å². The van der Waals surface area contributed by atoms with Gasteiger partial charge in [-0.1, -0.05) is 18.2 Å². The Bertz CT molecular complexity index is 549. The first-order valence-corrected chi connectivity index (χ1v) is 7.14. The van der Waals surface area contributed by atoms with Crippen LogP contribution < -0.4 is 0 Å². The van der Waals surface area contributed by atoms with Crippen LogP contribution in [0.3, 0.4) is 0 Å². The van der Waals surface area contributed by atoms with Gasteiger partial charge in [-0.05, 0) is 30.4 Å². The Morgan fingerprint density at radius 3 is 2.67 bits per heavy atom. The molecule has 1 saturated heterocycles. The predicted octanol–water partition coefficient (Wildman–Crippen LogP) is 1.74. The van der Waals surface area contributed by atoms with Crippen molar-refractivity contribution in [2.24, 2.45) is 0 Å². The van der Waals surface area contributed by atoms with Gasteiger partial charge in [-0.25, -0.2) is 0 Å². The van der Waals surface area contributed by atoms with Gasteiger partial charge in [-0.15, -0.1) is 0 Å². The summed E-state index contributed by atoms with van der Waals surface area (Å²) >= 11 is 0. The molecule has 0 spiro atoms. The lowest BCUT2D eigenvalue weighted by Crippen LogP contribution is -2.08. The van der Waals surface area contributed by atoms with E-state index in [9.17, 15) is 17.8 Å². The average molecular weight is 270 g/mol. The molecule has 0 aromatic heterocycles. The van der Waals surface area contributed by atoms with Crippen LogP contribution >= 0.6 is 0 Å². The Hall–Kier alpha value is -1.40. The third-order valence-electron chi connectivity index (χ3n) is 3.06. The molecular formula is C12H14O5S. The van der Waals surface area contributed by atoms with Gasteiger partial charge in [-0.2, -0.15) is 8.42 Å². The Labute approximate surface area is 106 Å². The molecule has 0 saturated carbocycles. The van der Waals surface area contributed by atoms with E-state index in [0.29, 0.717) is 18.4 Å². The summed E-state index contributed by atoms with van der Waals surface area (Å²) < 4.78 is 36.7. The molecule has 1 aliphatic heterocycles. The van der Waals surface area contributed by atoms with E-state index in [0.717, 1.165) is 0 Å². The first-order chi connectivity index (χ1) is 8.48. The number of hydrogen-bond donors (Lipinski definition) is 1. The third-order valence-corrected chi connectivity index (χ3v) is 3.99. The first-order valence-electron chi connectivity index (χ1n) is 5.70.